The van der Waals surface area contributed by atoms with Crippen molar-refractivity contribution in [2.24, 2.45) is 5.10 Å². The van der Waals surface area contributed by atoms with Crippen molar-refractivity contribution >= 4 is 50.3 Å². The van der Waals surface area contributed by atoms with Crippen LogP contribution >= 0.6 is 15.9 Å². The Morgan fingerprint density at radius 3 is 2.51 bits per heavy atom. The van der Waals surface area contributed by atoms with Gasteiger partial charge in [-0.25, -0.2) is 9.37 Å². The van der Waals surface area contributed by atoms with Gasteiger partial charge in [0.25, 0.3) is 11.5 Å². The highest BCUT2D eigenvalue weighted by atomic mass is 79.9. The van der Waals surface area contributed by atoms with Crippen molar-refractivity contribution in [1.29, 1.82) is 0 Å². The van der Waals surface area contributed by atoms with E-state index in [1.54, 1.807) is 48.5 Å². The number of benzene rings is 4. The lowest BCUT2D eigenvalue weighted by Gasteiger charge is -2.12. The van der Waals surface area contributed by atoms with Crippen LogP contribution in [0.5, 0.6) is 5.75 Å². The van der Waals surface area contributed by atoms with E-state index in [0.717, 1.165) is 4.68 Å². The smallest absolute Gasteiger partial charge is 0.312 e. The van der Waals surface area contributed by atoms with Crippen LogP contribution in [0.15, 0.2) is 105 Å². The first-order valence-corrected chi connectivity index (χ1v) is 12.9. The molecule has 4 aromatic carbocycles. The number of rotatable bonds is 8. The van der Waals surface area contributed by atoms with E-state index in [2.05, 4.69) is 31.3 Å². The molecule has 0 saturated carbocycles. The highest BCUT2D eigenvalue weighted by Crippen LogP contribution is 2.34. The van der Waals surface area contributed by atoms with Crippen LogP contribution in [0.25, 0.3) is 22.3 Å². The number of nitro groups is 1. The number of carbonyl (C=O) groups excluding carboxylic acids is 1. The maximum absolute atomic E-state index is 13.5. The Labute approximate surface area is 240 Å². The first kappa shape index (κ1) is 27.3. The van der Waals surface area contributed by atoms with Gasteiger partial charge < -0.3 is 10.1 Å². The number of aromatic nitrogens is 2. The lowest BCUT2D eigenvalue weighted by Crippen LogP contribution is -2.21. The van der Waals surface area contributed by atoms with Crippen molar-refractivity contribution in [2.75, 3.05) is 11.9 Å². The topological polar surface area (TPSA) is 129 Å². The van der Waals surface area contributed by atoms with E-state index in [1.807, 2.05) is 6.07 Å². The third kappa shape index (κ3) is 6.17. The first-order chi connectivity index (χ1) is 19.8. The summed E-state index contributed by atoms with van der Waals surface area (Å²) in [5.74, 6) is -1.07. The molecule has 1 amide bonds. The van der Waals surface area contributed by atoms with Crippen LogP contribution in [-0.2, 0) is 4.79 Å². The molecule has 204 valence electrons. The van der Waals surface area contributed by atoms with Crippen molar-refractivity contribution in [1.82, 2.24) is 9.66 Å². The van der Waals surface area contributed by atoms with Gasteiger partial charge in [-0.3, -0.25) is 19.7 Å². The highest BCUT2D eigenvalue weighted by molar-refractivity contribution is 9.10. The molecule has 12 heteroatoms. The summed E-state index contributed by atoms with van der Waals surface area (Å²) in [6.45, 7) is -0.590. The van der Waals surface area contributed by atoms with Crippen molar-refractivity contribution < 1.29 is 18.8 Å². The number of nitrogens with zero attached hydrogens (tertiary/aromatic N) is 4. The van der Waals surface area contributed by atoms with Crippen LogP contribution in [0.2, 0.25) is 0 Å². The number of anilines is 1. The molecule has 1 N–H and O–H groups in total. The van der Waals surface area contributed by atoms with Crippen molar-refractivity contribution in [3.05, 3.63) is 127 Å². The van der Waals surface area contributed by atoms with E-state index >= 15 is 0 Å². The number of ether oxygens (including phenoxy) is 1. The van der Waals surface area contributed by atoms with Crippen molar-refractivity contribution in [2.45, 2.75) is 0 Å². The van der Waals surface area contributed by atoms with Crippen molar-refractivity contribution in [3.8, 4) is 17.1 Å². The lowest BCUT2D eigenvalue weighted by molar-refractivity contribution is -0.385. The van der Waals surface area contributed by atoms with E-state index in [0.29, 0.717) is 26.6 Å². The average molecular weight is 616 g/mol. The average Bonchev–Trinajstić information content (AvgIpc) is 2.97. The SMILES string of the molecule is O=C(COc1c(C=Nn2c(-c3ccccc3)nc3ccccc3c2=O)cc(Br)cc1[N+](=O)[O-])Nc1ccc(F)cc1. The van der Waals surface area contributed by atoms with Gasteiger partial charge in [-0.05, 0) is 42.5 Å². The van der Waals surface area contributed by atoms with Crippen LogP contribution in [0.3, 0.4) is 0 Å². The molecule has 0 unspecified atom stereocenters. The maximum Gasteiger partial charge on any atom is 0.312 e. The van der Waals surface area contributed by atoms with E-state index in [1.165, 1.54) is 42.6 Å². The second-order valence-electron chi connectivity index (χ2n) is 8.62. The fraction of sp³-hybridized carbons (Fsp3) is 0.0345. The minimum absolute atomic E-state index is 0.125. The fourth-order valence-electron chi connectivity index (χ4n) is 3.98. The third-order valence-electron chi connectivity index (χ3n) is 5.83. The van der Waals surface area contributed by atoms with Crippen LogP contribution in [0.1, 0.15) is 5.56 Å². The molecular formula is C29H19BrFN5O5. The third-order valence-corrected chi connectivity index (χ3v) is 6.29. The van der Waals surface area contributed by atoms with Gasteiger partial charge in [-0.1, -0.05) is 58.4 Å². The van der Waals surface area contributed by atoms with Gasteiger partial charge in [0, 0.05) is 27.4 Å². The number of hydrogen-bond donors (Lipinski definition) is 1. The zero-order chi connectivity index (χ0) is 28.9. The maximum atomic E-state index is 13.5. The first-order valence-electron chi connectivity index (χ1n) is 12.1. The van der Waals surface area contributed by atoms with Gasteiger partial charge in [0.2, 0.25) is 5.75 Å². The van der Waals surface area contributed by atoms with Gasteiger partial charge in [0.05, 0.1) is 22.0 Å². The van der Waals surface area contributed by atoms with E-state index < -0.39 is 34.5 Å². The van der Waals surface area contributed by atoms with E-state index in [9.17, 15) is 24.1 Å². The van der Waals surface area contributed by atoms with Gasteiger partial charge in [0.1, 0.15) is 5.82 Å². The quantitative estimate of drug-likeness (QED) is 0.134. The molecule has 0 fully saturated rings. The molecule has 0 atom stereocenters. The monoisotopic (exact) mass is 615 g/mol. The Bertz CT molecular complexity index is 1860. The van der Waals surface area contributed by atoms with Crippen LogP contribution in [-0.4, -0.2) is 33.3 Å². The standard InChI is InChI=1S/C29H19BrFN5O5/c30-20-14-19(27(25(15-20)36(39)40)41-17-26(37)33-22-12-10-21(31)11-13-22)16-32-35-28(18-6-2-1-3-7-18)34-24-9-5-4-8-23(24)29(35)38/h1-16H,17H2,(H,33,37). The summed E-state index contributed by atoms with van der Waals surface area (Å²) in [4.78, 5) is 41.8. The number of nitro benzene ring substituents is 1. The van der Waals surface area contributed by atoms with E-state index in [4.69, 9.17) is 4.74 Å². The molecular weight excluding hydrogens is 597 g/mol. The van der Waals surface area contributed by atoms with Crippen LogP contribution < -0.4 is 15.6 Å². The molecule has 0 bridgehead atoms. The molecule has 0 aliphatic rings. The van der Waals surface area contributed by atoms with Gasteiger partial charge in [0.15, 0.2) is 12.4 Å². The lowest BCUT2D eigenvalue weighted by atomic mass is 10.2. The molecule has 0 spiro atoms. The second kappa shape index (κ2) is 11.9. The van der Waals surface area contributed by atoms with E-state index in [-0.39, 0.29) is 17.1 Å². The minimum Gasteiger partial charge on any atom is -0.476 e. The second-order valence-corrected chi connectivity index (χ2v) is 9.54. The number of carbonyl (C=O) groups is 1. The number of fused-ring (bicyclic) bond motifs is 1. The zero-order valence-electron chi connectivity index (χ0n) is 21.0. The number of hydrogen-bond acceptors (Lipinski definition) is 7. The molecule has 0 radical (unpaired) electrons. The summed E-state index contributed by atoms with van der Waals surface area (Å²) >= 11 is 3.26. The number of para-hydroxylation sites is 1. The Morgan fingerprint density at radius 1 is 1.07 bits per heavy atom. The molecule has 5 rings (SSSR count). The van der Waals surface area contributed by atoms with Crippen molar-refractivity contribution in [3.63, 3.8) is 0 Å². The summed E-state index contributed by atoms with van der Waals surface area (Å²) in [5.41, 5.74) is 0.682. The molecule has 1 heterocycles. The van der Waals surface area contributed by atoms with Gasteiger partial charge in [-0.2, -0.15) is 9.78 Å². The summed E-state index contributed by atoms with van der Waals surface area (Å²) in [6.07, 6.45) is 1.23. The molecule has 41 heavy (non-hydrogen) atoms. The molecule has 10 nitrogen and oxygen atoms in total. The predicted molar refractivity (Wildman–Crippen MR) is 156 cm³/mol. The largest absolute Gasteiger partial charge is 0.476 e. The number of halogens is 2. The Hall–Kier alpha value is -5.23. The summed E-state index contributed by atoms with van der Waals surface area (Å²) in [5, 5.41) is 19.1. The van der Waals surface area contributed by atoms with Gasteiger partial charge in [-0.15, -0.1) is 0 Å². The molecule has 1 aromatic heterocycles. The highest BCUT2D eigenvalue weighted by Gasteiger charge is 2.22. The zero-order valence-corrected chi connectivity index (χ0v) is 22.6. The molecule has 0 saturated heterocycles. The molecule has 0 aliphatic carbocycles. The minimum atomic E-state index is -0.658. The molecule has 5 aromatic rings. The summed E-state index contributed by atoms with van der Waals surface area (Å²) in [7, 11) is 0. The Morgan fingerprint density at radius 2 is 1.78 bits per heavy atom. The Kier molecular flexibility index (Phi) is 7.92. The normalized spacial score (nSPS) is 11.1. The van der Waals surface area contributed by atoms with Gasteiger partial charge >= 0.3 is 5.69 Å². The fourth-order valence-corrected chi connectivity index (χ4v) is 4.44. The van der Waals surface area contributed by atoms with Crippen LogP contribution in [0.4, 0.5) is 15.8 Å². The molecule has 0 aliphatic heterocycles. The summed E-state index contributed by atoms with van der Waals surface area (Å²) in [6, 6.07) is 23.6. The Balaban J connectivity index is 1.54. The van der Waals surface area contributed by atoms with Crippen LogP contribution in [0, 0.1) is 15.9 Å². The summed E-state index contributed by atoms with van der Waals surface area (Å²) < 4.78 is 20.2. The predicted octanol–water partition coefficient (Wildman–Crippen LogP) is 5.77. The number of amides is 1. The number of nitrogens with one attached hydrogen (secondary N) is 1.